The number of hydrogen-bond acceptors (Lipinski definition) is 5. The first kappa shape index (κ1) is 18.7. The summed E-state index contributed by atoms with van der Waals surface area (Å²) < 4.78 is 4.95. The van der Waals surface area contributed by atoms with E-state index < -0.39 is 30.1 Å². The van der Waals surface area contributed by atoms with Gasteiger partial charge in [-0.15, -0.1) is 0 Å². The molecule has 1 aliphatic heterocycles. The minimum Gasteiger partial charge on any atom is -0.453 e. The lowest BCUT2D eigenvalue weighted by Gasteiger charge is -2.30. The molecule has 136 valence electrons. The number of rotatable bonds is 5. The van der Waals surface area contributed by atoms with Crippen molar-refractivity contribution in [2.75, 3.05) is 19.7 Å². The summed E-state index contributed by atoms with van der Waals surface area (Å²) in [5.74, 6) is -1.38. The van der Waals surface area contributed by atoms with Crippen LogP contribution in [-0.4, -0.2) is 59.1 Å². The molecule has 1 heterocycles. The average Bonchev–Trinajstić information content (AvgIpc) is 2.60. The minimum atomic E-state index is -1.46. The van der Waals surface area contributed by atoms with Crippen LogP contribution in [0.5, 0.6) is 0 Å². The average molecular weight is 340 g/mol. The first-order valence-electron chi connectivity index (χ1n) is 8.90. The van der Waals surface area contributed by atoms with Crippen LogP contribution in [0.4, 0.5) is 0 Å². The number of ether oxygens (including phenoxy) is 1. The van der Waals surface area contributed by atoms with Gasteiger partial charge in [-0.1, -0.05) is 6.42 Å². The van der Waals surface area contributed by atoms with Gasteiger partial charge in [0, 0.05) is 13.1 Å². The zero-order valence-corrected chi connectivity index (χ0v) is 14.4. The van der Waals surface area contributed by atoms with Gasteiger partial charge in [0.05, 0.1) is 0 Å². The fourth-order valence-corrected chi connectivity index (χ4v) is 3.34. The summed E-state index contributed by atoms with van der Waals surface area (Å²) in [5, 5.41) is 12.8. The van der Waals surface area contributed by atoms with Crippen molar-refractivity contribution >= 4 is 17.8 Å². The van der Waals surface area contributed by atoms with E-state index in [4.69, 9.17) is 4.74 Å². The van der Waals surface area contributed by atoms with Gasteiger partial charge in [0.15, 0.2) is 12.2 Å². The molecular formula is C17H28N2O5. The van der Waals surface area contributed by atoms with Crippen molar-refractivity contribution in [2.45, 2.75) is 69.9 Å². The molecule has 0 aromatic rings. The third-order valence-corrected chi connectivity index (χ3v) is 4.81. The quantitative estimate of drug-likeness (QED) is 0.720. The molecule has 24 heavy (non-hydrogen) atoms. The predicted octanol–water partition coefficient (Wildman–Crippen LogP) is 0.742. The molecule has 0 radical (unpaired) electrons. The highest BCUT2D eigenvalue weighted by atomic mass is 16.6. The molecule has 0 bridgehead atoms. The lowest BCUT2D eigenvalue weighted by Crippen LogP contribution is -2.50. The van der Waals surface area contributed by atoms with Crippen LogP contribution >= 0.6 is 0 Å². The Bertz CT molecular complexity index is 468. The van der Waals surface area contributed by atoms with Gasteiger partial charge in [0.2, 0.25) is 5.91 Å². The van der Waals surface area contributed by atoms with E-state index in [1.807, 2.05) is 0 Å². The highest BCUT2D eigenvalue weighted by molar-refractivity contribution is 5.89. The number of carbonyl (C=O) groups is 3. The van der Waals surface area contributed by atoms with E-state index >= 15 is 0 Å². The maximum Gasteiger partial charge on any atom is 0.338 e. The van der Waals surface area contributed by atoms with E-state index in [2.05, 4.69) is 5.32 Å². The van der Waals surface area contributed by atoms with Gasteiger partial charge in [-0.25, -0.2) is 4.79 Å². The Hall–Kier alpha value is -1.63. The van der Waals surface area contributed by atoms with Crippen LogP contribution in [0.15, 0.2) is 0 Å². The van der Waals surface area contributed by atoms with Crippen molar-refractivity contribution < 1.29 is 24.2 Å². The largest absolute Gasteiger partial charge is 0.453 e. The predicted molar refractivity (Wildman–Crippen MR) is 87.0 cm³/mol. The minimum absolute atomic E-state index is 0.111. The molecule has 2 aliphatic rings. The van der Waals surface area contributed by atoms with E-state index in [0.29, 0.717) is 12.8 Å². The standard InChI is InChI=1S/C17H28N2O5/c1-13(15(21)19-10-6-3-7-11-19)18-14(20)12-24-16(22)17(23)8-4-2-5-9-17/h13,23H,2-12H2,1H3,(H,18,20)/t13-/m0/s1. The fraction of sp³-hybridized carbons (Fsp3) is 0.824. The second-order valence-corrected chi connectivity index (χ2v) is 6.84. The molecule has 0 unspecified atom stereocenters. The molecule has 7 nitrogen and oxygen atoms in total. The molecular weight excluding hydrogens is 312 g/mol. The molecule has 1 saturated heterocycles. The lowest BCUT2D eigenvalue weighted by molar-refractivity contribution is -0.170. The third kappa shape index (κ3) is 4.93. The van der Waals surface area contributed by atoms with Gasteiger partial charge in [-0.05, 0) is 51.9 Å². The fourth-order valence-electron chi connectivity index (χ4n) is 3.34. The molecule has 0 aromatic carbocycles. The highest BCUT2D eigenvalue weighted by Gasteiger charge is 2.39. The van der Waals surface area contributed by atoms with Crippen molar-refractivity contribution in [3.8, 4) is 0 Å². The summed E-state index contributed by atoms with van der Waals surface area (Å²) >= 11 is 0. The molecule has 1 saturated carbocycles. The van der Waals surface area contributed by atoms with Crippen LogP contribution in [-0.2, 0) is 19.1 Å². The number of carbonyl (C=O) groups excluding carboxylic acids is 3. The molecule has 2 amide bonds. The molecule has 2 rings (SSSR count). The Morgan fingerprint density at radius 3 is 2.29 bits per heavy atom. The summed E-state index contributed by atoms with van der Waals surface area (Å²) in [6.45, 7) is 2.60. The second-order valence-electron chi connectivity index (χ2n) is 6.84. The molecule has 0 aromatic heterocycles. The van der Waals surface area contributed by atoms with E-state index in [1.165, 1.54) is 0 Å². The van der Waals surface area contributed by atoms with Gasteiger partial charge in [-0.3, -0.25) is 9.59 Å². The summed E-state index contributed by atoms with van der Waals surface area (Å²) in [6.07, 6.45) is 6.40. The van der Waals surface area contributed by atoms with E-state index in [9.17, 15) is 19.5 Å². The molecule has 0 spiro atoms. The zero-order valence-electron chi connectivity index (χ0n) is 14.4. The number of nitrogens with one attached hydrogen (secondary N) is 1. The Balaban J connectivity index is 1.73. The normalized spacial score (nSPS) is 21.7. The van der Waals surface area contributed by atoms with E-state index in [0.717, 1.165) is 51.6 Å². The topological polar surface area (TPSA) is 95.9 Å². The smallest absolute Gasteiger partial charge is 0.338 e. The van der Waals surface area contributed by atoms with Crippen molar-refractivity contribution in [1.29, 1.82) is 0 Å². The van der Waals surface area contributed by atoms with Crippen LogP contribution in [0.25, 0.3) is 0 Å². The van der Waals surface area contributed by atoms with Crippen molar-refractivity contribution in [2.24, 2.45) is 0 Å². The van der Waals surface area contributed by atoms with Crippen molar-refractivity contribution in [3.05, 3.63) is 0 Å². The number of piperidine rings is 1. The van der Waals surface area contributed by atoms with E-state index in [1.54, 1.807) is 11.8 Å². The van der Waals surface area contributed by atoms with Crippen molar-refractivity contribution in [1.82, 2.24) is 10.2 Å². The Morgan fingerprint density at radius 2 is 1.67 bits per heavy atom. The number of nitrogens with zero attached hydrogens (tertiary/aromatic N) is 1. The van der Waals surface area contributed by atoms with Gasteiger partial charge in [0.1, 0.15) is 6.04 Å². The summed E-state index contributed by atoms with van der Waals surface area (Å²) in [6, 6.07) is -0.646. The lowest BCUT2D eigenvalue weighted by atomic mass is 9.85. The number of hydrogen-bond donors (Lipinski definition) is 2. The van der Waals surface area contributed by atoms with Crippen LogP contribution in [0.1, 0.15) is 58.3 Å². The van der Waals surface area contributed by atoms with Crippen molar-refractivity contribution in [3.63, 3.8) is 0 Å². The molecule has 7 heteroatoms. The molecule has 2 fully saturated rings. The monoisotopic (exact) mass is 340 g/mol. The second kappa shape index (κ2) is 8.46. The number of likely N-dealkylation sites (tertiary alicyclic amines) is 1. The molecule has 1 atom stereocenters. The summed E-state index contributed by atoms with van der Waals surface area (Å²) in [4.78, 5) is 37.8. The Kier molecular flexibility index (Phi) is 6.60. The van der Waals surface area contributed by atoms with Crippen LogP contribution in [0, 0.1) is 0 Å². The van der Waals surface area contributed by atoms with E-state index in [-0.39, 0.29) is 5.91 Å². The Morgan fingerprint density at radius 1 is 1.08 bits per heavy atom. The van der Waals surface area contributed by atoms with Crippen LogP contribution < -0.4 is 5.32 Å². The number of aliphatic hydroxyl groups is 1. The van der Waals surface area contributed by atoms with Gasteiger partial charge < -0.3 is 20.1 Å². The first-order chi connectivity index (χ1) is 11.4. The van der Waals surface area contributed by atoms with Crippen LogP contribution in [0.3, 0.4) is 0 Å². The number of amides is 2. The first-order valence-corrected chi connectivity index (χ1v) is 8.90. The molecule has 2 N–H and O–H groups in total. The summed E-state index contributed by atoms with van der Waals surface area (Å²) in [7, 11) is 0. The van der Waals surface area contributed by atoms with Gasteiger partial charge >= 0.3 is 5.97 Å². The highest BCUT2D eigenvalue weighted by Crippen LogP contribution is 2.29. The molecule has 1 aliphatic carbocycles. The van der Waals surface area contributed by atoms with Gasteiger partial charge in [0.25, 0.3) is 5.91 Å². The Labute approximate surface area is 142 Å². The van der Waals surface area contributed by atoms with Crippen LogP contribution in [0.2, 0.25) is 0 Å². The number of esters is 1. The summed E-state index contributed by atoms with van der Waals surface area (Å²) in [5.41, 5.74) is -1.46. The maximum absolute atomic E-state index is 12.2. The SMILES string of the molecule is C[C@H](NC(=O)COC(=O)C1(O)CCCCC1)C(=O)N1CCCCC1. The maximum atomic E-state index is 12.2. The zero-order chi connectivity index (χ0) is 17.6. The third-order valence-electron chi connectivity index (χ3n) is 4.81. The van der Waals surface area contributed by atoms with Gasteiger partial charge in [-0.2, -0.15) is 0 Å².